The Morgan fingerprint density at radius 1 is 1.29 bits per heavy atom. The van der Waals surface area contributed by atoms with Crippen molar-refractivity contribution in [1.82, 2.24) is 10.2 Å². The van der Waals surface area contributed by atoms with E-state index in [1.54, 1.807) is 12.0 Å². The van der Waals surface area contributed by atoms with Crippen molar-refractivity contribution < 1.29 is 23.8 Å². The van der Waals surface area contributed by atoms with E-state index in [-0.39, 0.29) is 18.4 Å². The summed E-state index contributed by atoms with van der Waals surface area (Å²) < 4.78 is 15.5. The molecule has 1 heterocycles. The minimum Gasteiger partial charge on any atom is -0.497 e. The van der Waals surface area contributed by atoms with Crippen LogP contribution in [0.25, 0.3) is 0 Å². The van der Waals surface area contributed by atoms with E-state index in [1.807, 2.05) is 24.3 Å². The molecular weight excluding hydrogens is 312 g/mol. The van der Waals surface area contributed by atoms with E-state index >= 15 is 0 Å². The highest BCUT2D eigenvalue weighted by Gasteiger charge is 2.24. The summed E-state index contributed by atoms with van der Waals surface area (Å²) in [7, 11) is 2.89. The standard InChI is InChI=1S/C17H24N2O5/c1-22-14-6-3-7-15(9-14)24-12-13-5-4-8-19(11-13)16(20)10-18-17(21)23-2/h3,6-7,9,13H,4-5,8,10-12H2,1-2H3,(H,18,21)/t13-/m1/s1. The van der Waals surface area contributed by atoms with E-state index in [0.717, 1.165) is 24.3 Å². The fraction of sp³-hybridized carbons (Fsp3) is 0.529. The number of rotatable bonds is 6. The van der Waals surface area contributed by atoms with E-state index in [1.165, 1.54) is 7.11 Å². The van der Waals surface area contributed by atoms with Gasteiger partial charge in [-0.15, -0.1) is 0 Å². The molecule has 2 rings (SSSR count). The highest BCUT2D eigenvalue weighted by molar-refractivity contribution is 5.82. The number of nitrogens with zero attached hydrogens (tertiary/aromatic N) is 1. The number of amides is 2. The Labute approximate surface area is 141 Å². The topological polar surface area (TPSA) is 77.1 Å². The predicted molar refractivity (Wildman–Crippen MR) is 88.2 cm³/mol. The number of ether oxygens (including phenoxy) is 3. The van der Waals surface area contributed by atoms with Crippen LogP contribution in [0.1, 0.15) is 12.8 Å². The number of benzene rings is 1. The molecule has 7 nitrogen and oxygen atoms in total. The van der Waals surface area contributed by atoms with Gasteiger partial charge in [0.15, 0.2) is 0 Å². The molecule has 24 heavy (non-hydrogen) atoms. The first kappa shape index (κ1) is 17.9. The van der Waals surface area contributed by atoms with Crippen molar-refractivity contribution in [3.05, 3.63) is 24.3 Å². The van der Waals surface area contributed by atoms with Crippen LogP contribution in [0.3, 0.4) is 0 Å². The third-order valence-electron chi connectivity index (χ3n) is 3.97. The van der Waals surface area contributed by atoms with Crippen LogP contribution < -0.4 is 14.8 Å². The molecule has 7 heteroatoms. The average molecular weight is 336 g/mol. The van der Waals surface area contributed by atoms with E-state index in [4.69, 9.17) is 9.47 Å². The first-order valence-corrected chi connectivity index (χ1v) is 7.99. The Kier molecular flexibility index (Phi) is 6.72. The normalized spacial score (nSPS) is 17.1. The Balaban J connectivity index is 1.79. The number of carbonyl (C=O) groups excluding carboxylic acids is 2. The molecule has 0 saturated carbocycles. The SMILES string of the molecule is COC(=O)NCC(=O)N1CCC[C@@H](COc2cccc(OC)c2)C1. The van der Waals surface area contributed by atoms with Crippen LogP contribution in [0.15, 0.2) is 24.3 Å². The smallest absolute Gasteiger partial charge is 0.407 e. The second-order valence-corrected chi connectivity index (χ2v) is 5.68. The second-order valence-electron chi connectivity index (χ2n) is 5.68. The first-order valence-electron chi connectivity index (χ1n) is 7.99. The van der Waals surface area contributed by atoms with Gasteiger partial charge in [0.1, 0.15) is 18.0 Å². The van der Waals surface area contributed by atoms with Crippen LogP contribution in [0.2, 0.25) is 0 Å². The van der Waals surface area contributed by atoms with Crippen molar-refractivity contribution >= 4 is 12.0 Å². The number of alkyl carbamates (subject to hydrolysis) is 1. The van der Waals surface area contributed by atoms with Crippen LogP contribution in [-0.2, 0) is 9.53 Å². The van der Waals surface area contributed by atoms with Crippen molar-refractivity contribution in [3.63, 3.8) is 0 Å². The van der Waals surface area contributed by atoms with Crippen molar-refractivity contribution in [2.24, 2.45) is 5.92 Å². The van der Waals surface area contributed by atoms with Gasteiger partial charge < -0.3 is 24.4 Å². The molecule has 0 aliphatic carbocycles. The zero-order valence-electron chi connectivity index (χ0n) is 14.1. The molecule has 0 spiro atoms. The minimum atomic E-state index is -0.599. The molecule has 1 N–H and O–H groups in total. The van der Waals surface area contributed by atoms with Crippen molar-refractivity contribution in [3.8, 4) is 11.5 Å². The Morgan fingerprint density at radius 2 is 2.08 bits per heavy atom. The van der Waals surface area contributed by atoms with E-state index in [0.29, 0.717) is 19.7 Å². The third-order valence-corrected chi connectivity index (χ3v) is 3.97. The predicted octanol–water partition coefficient (Wildman–Crippen LogP) is 1.67. The zero-order valence-corrected chi connectivity index (χ0v) is 14.1. The number of nitrogens with one attached hydrogen (secondary N) is 1. The molecule has 1 aliphatic rings. The highest BCUT2D eigenvalue weighted by atomic mass is 16.5. The van der Waals surface area contributed by atoms with E-state index < -0.39 is 6.09 Å². The monoisotopic (exact) mass is 336 g/mol. The molecule has 0 unspecified atom stereocenters. The molecule has 0 aromatic heterocycles. The highest BCUT2D eigenvalue weighted by Crippen LogP contribution is 2.22. The summed E-state index contributed by atoms with van der Waals surface area (Å²) in [5, 5.41) is 2.42. The van der Waals surface area contributed by atoms with Gasteiger partial charge in [0, 0.05) is 25.1 Å². The summed E-state index contributed by atoms with van der Waals surface area (Å²) in [4.78, 5) is 24.9. The van der Waals surface area contributed by atoms with Gasteiger partial charge in [-0.25, -0.2) is 4.79 Å². The maximum Gasteiger partial charge on any atom is 0.407 e. The molecule has 0 radical (unpaired) electrons. The van der Waals surface area contributed by atoms with Gasteiger partial charge in [0.05, 0.1) is 20.8 Å². The fourth-order valence-corrected chi connectivity index (χ4v) is 2.66. The lowest BCUT2D eigenvalue weighted by atomic mass is 9.99. The van der Waals surface area contributed by atoms with Crippen LogP contribution in [0.4, 0.5) is 4.79 Å². The average Bonchev–Trinajstić information content (AvgIpc) is 2.64. The van der Waals surface area contributed by atoms with Crippen molar-refractivity contribution in [2.75, 3.05) is 40.5 Å². The summed E-state index contributed by atoms with van der Waals surface area (Å²) in [6.07, 6.45) is 1.34. The Bertz CT molecular complexity index is 564. The van der Waals surface area contributed by atoms with Gasteiger partial charge in [-0.3, -0.25) is 4.79 Å². The summed E-state index contributed by atoms with van der Waals surface area (Å²) in [6.45, 7) is 1.83. The lowest BCUT2D eigenvalue weighted by molar-refractivity contribution is -0.132. The number of hydrogen-bond acceptors (Lipinski definition) is 5. The minimum absolute atomic E-state index is 0.0455. The number of carbonyl (C=O) groups is 2. The van der Waals surface area contributed by atoms with Crippen molar-refractivity contribution in [1.29, 1.82) is 0 Å². The molecule has 1 aromatic carbocycles. The van der Waals surface area contributed by atoms with Crippen LogP contribution in [-0.4, -0.2) is 57.4 Å². The van der Waals surface area contributed by atoms with Crippen LogP contribution in [0.5, 0.6) is 11.5 Å². The van der Waals surface area contributed by atoms with Gasteiger partial charge in [-0.1, -0.05) is 6.07 Å². The summed E-state index contributed by atoms with van der Waals surface area (Å²) >= 11 is 0. The van der Waals surface area contributed by atoms with Gasteiger partial charge in [0.25, 0.3) is 0 Å². The Morgan fingerprint density at radius 3 is 2.83 bits per heavy atom. The van der Waals surface area contributed by atoms with Crippen LogP contribution >= 0.6 is 0 Å². The summed E-state index contributed by atoms with van der Waals surface area (Å²) in [6, 6.07) is 7.46. The van der Waals surface area contributed by atoms with Gasteiger partial charge in [0.2, 0.25) is 5.91 Å². The quantitative estimate of drug-likeness (QED) is 0.855. The summed E-state index contributed by atoms with van der Waals surface area (Å²) in [5.74, 6) is 1.67. The molecule has 1 aromatic rings. The molecule has 1 saturated heterocycles. The summed E-state index contributed by atoms with van der Waals surface area (Å²) in [5.41, 5.74) is 0. The molecule has 0 bridgehead atoms. The zero-order chi connectivity index (χ0) is 17.4. The van der Waals surface area contributed by atoms with Crippen molar-refractivity contribution in [2.45, 2.75) is 12.8 Å². The first-order chi connectivity index (χ1) is 11.6. The van der Waals surface area contributed by atoms with Gasteiger partial charge in [-0.05, 0) is 25.0 Å². The molecule has 1 atom stereocenters. The molecule has 2 amide bonds. The maximum absolute atomic E-state index is 12.1. The largest absolute Gasteiger partial charge is 0.497 e. The molecular formula is C17H24N2O5. The third kappa shape index (κ3) is 5.33. The second kappa shape index (κ2) is 9.00. The molecule has 1 fully saturated rings. The van der Waals surface area contributed by atoms with E-state index in [2.05, 4.69) is 10.1 Å². The number of methoxy groups -OCH3 is 2. The molecule has 1 aliphatic heterocycles. The lowest BCUT2D eigenvalue weighted by Crippen LogP contribution is -2.46. The number of piperidine rings is 1. The van der Waals surface area contributed by atoms with Gasteiger partial charge in [-0.2, -0.15) is 0 Å². The van der Waals surface area contributed by atoms with Crippen LogP contribution in [0, 0.1) is 5.92 Å². The number of likely N-dealkylation sites (tertiary alicyclic amines) is 1. The lowest BCUT2D eigenvalue weighted by Gasteiger charge is -2.32. The fourth-order valence-electron chi connectivity index (χ4n) is 2.66. The van der Waals surface area contributed by atoms with Gasteiger partial charge >= 0.3 is 6.09 Å². The van der Waals surface area contributed by atoms with E-state index in [9.17, 15) is 9.59 Å². The molecule has 132 valence electrons. The maximum atomic E-state index is 12.1. The Hall–Kier alpha value is -2.44. The number of hydrogen-bond donors (Lipinski definition) is 1.